The third kappa shape index (κ3) is 4.48. The van der Waals surface area contributed by atoms with Gasteiger partial charge in [0.15, 0.2) is 11.7 Å². The van der Waals surface area contributed by atoms with Gasteiger partial charge in [-0.1, -0.05) is 11.3 Å². The summed E-state index contributed by atoms with van der Waals surface area (Å²) in [5, 5.41) is 3.28. The van der Waals surface area contributed by atoms with E-state index in [0.717, 1.165) is 34.6 Å². The number of carbonyl (C=O) groups excluding carboxylic acids is 2. The number of fused-ring (bicyclic) bond motifs is 1. The van der Waals surface area contributed by atoms with Crippen molar-refractivity contribution in [2.24, 2.45) is 0 Å². The number of nitrogens with zero attached hydrogens (tertiary/aromatic N) is 2. The first kappa shape index (κ1) is 19.2. The number of thiazole rings is 1. The molecule has 0 spiro atoms. The molecule has 2 aromatic carbocycles. The topological polar surface area (TPSA) is 80.8 Å². The minimum absolute atomic E-state index is 0.123. The standard InChI is InChI=1S/C21H21N3O4S/c1-2-27-16-9-10-17-18(12-16)29-21(22-17)23-19(25)13-28-15-7-5-14(6-8-15)24-11-3-4-20(24)26/h5-10,12H,2-4,11,13H2,1H3,(H,22,23,25). The van der Waals surface area contributed by atoms with E-state index in [1.165, 1.54) is 11.3 Å². The molecule has 1 N–H and O–H groups in total. The lowest BCUT2D eigenvalue weighted by molar-refractivity contribution is -0.118. The molecule has 0 saturated carbocycles. The van der Waals surface area contributed by atoms with Gasteiger partial charge in [0.1, 0.15) is 11.5 Å². The van der Waals surface area contributed by atoms with Gasteiger partial charge in [0, 0.05) is 18.7 Å². The van der Waals surface area contributed by atoms with Crippen LogP contribution < -0.4 is 19.7 Å². The van der Waals surface area contributed by atoms with Crippen LogP contribution in [-0.2, 0) is 9.59 Å². The summed E-state index contributed by atoms with van der Waals surface area (Å²) in [7, 11) is 0. The fraction of sp³-hybridized carbons (Fsp3) is 0.286. The van der Waals surface area contributed by atoms with Crippen LogP contribution in [0.3, 0.4) is 0 Å². The maximum atomic E-state index is 12.2. The first-order chi connectivity index (χ1) is 14.1. The lowest BCUT2D eigenvalue weighted by atomic mass is 10.3. The Labute approximate surface area is 172 Å². The van der Waals surface area contributed by atoms with Crippen LogP contribution >= 0.6 is 11.3 Å². The number of hydrogen-bond donors (Lipinski definition) is 1. The molecule has 1 fully saturated rings. The number of carbonyl (C=O) groups is 2. The first-order valence-electron chi connectivity index (χ1n) is 9.49. The van der Waals surface area contributed by atoms with Crippen molar-refractivity contribution in [2.75, 3.05) is 30.0 Å². The van der Waals surface area contributed by atoms with Crippen molar-refractivity contribution < 1.29 is 19.1 Å². The minimum Gasteiger partial charge on any atom is -0.494 e. The third-order valence-corrected chi connectivity index (χ3v) is 5.44. The fourth-order valence-electron chi connectivity index (χ4n) is 3.16. The van der Waals surface area contributed by atoms with Gasteiger partial charge in [0.05, 0.1) is 16.8 Å². The van der Waals surface area contributed by atoms with Crippen molar-refractivity contribution in [3.63, 3.8) is 0 Å². The predicted octanol–water partition coefficient (Wildman–Crippen LogP) is 3.84. The molecule has 1 saturated heterocycles. The van der Waals surface area contributed by atoms with Crippen molar-refractivity contribution in [1.29, 1.82) is 0 Å². The van der Waals surface area contributed by atoms with E-state index in [1.807, 2.05) is 37.3 Å². The highest BCUT2D eigenvalue weighted by molar-refractivity contribution is 7.22. The second-order valence-corrected chi connectivity index (χ2v) is 7.59. The lowest BCUT2D eigenvalue weighted by Crippen LogP contribution is -2.23. The summed E-state index contributed by atoms with van der Waals surface area (Å²) in [5.74, 6) is 1.21. The molecule has 8 heteroatoms. The maximum absolute atomic E-state index is 12.2. The number of benzene rings is 2. The number of anilines is 2. The van der Waals surface area contributed by atoms with E-state index in [-0.39, 0.29) is 18.4 Å². The number of amides is 2. The van der Waals surface area contributed by atoms with Crippen LogP contribution in [0, 0.1) is 0 Å². The Morgan fingerprint density at radius 1 is 1.17 bits per heavy atom. The van der Waals surface area contributed by atoms with Gasteiger partial charge < -0.3 is 14.4 Å². The Hall–Kier alpha value is -3.13. The van der Waals surface area contributed by atoms with E-state index in [9.17, 15) is 9.59 Å². The average molecular weight is 411 g/mol. The summed E-state index contributed by atoms with van der Waals surface area (Å²) in [6.45, 7) is 3.15. The largest absolute Gasteiger partial charge is 0.494 e. The Morgan fingerprint density at radius 2 is 1.97 bits per heavy atom. The van der Waals surface area contributed by atoms with Gasteiger partial charge in [-0.25, -0.2) is 4.98 Å². The van der Waals surface area contributed by atoms with Gasteiger partial charge in [-0.2, -0.15) is 0 Å². The van der Waals surface area contributed by atoms with Crippen LogP contribution in [0.1, 0.15) is 19.8 Å². The van der Waals surface area contributed by atoms with Crippen LogP contribution in [0.5, 0.6) is 11.5 Å². The lowest BCUT2D eigenvalue weighted by Gasteiger charge is -2.16. The zero-order chi connectivity index (χ0) is 20.2. The molecule has 7 nitrogen and oxygen atoms in total. The van der Waals surface area contributed by atoms with Crippen molar-refractivity contribution in [1.82, 2.24) is 4.98 Å². The number of ether oxygens (including phenoxy) is 2. The van der Waals surface area contributed by atoms with Crippen molar-refractivity contribution in [2.45, 2.75) is 19.8 Å². The molecular weight excluding hydrogens is 390 g/mol. The summed E-state index contributed by atoms with van der Waals surface area (Å²) in [6.07, 6.45) is 1.48. The number of hydrogen-bond acceptors (Lipinski definition) is 6. The van der Waals surface area contributed by atoms with Gasteiger partial charge in [0.2, 0.25) is 5.91 Å². The van der Waals surface area contributed by atoms with E-state index in [0.29, 0.717) is 23.9 Å². The quantitative estimate of drug-likeness (QED) is 0.639. The molecule has 1 aromatic heterocycles. The van der Waals surface area contributed by atoms with Gasteiger partial charge in [0.25, 0.3) is 5.91 Å². The van der Waals surface area contributed by atoms with Crippen LogP contribution in [-0.4, -0.2) is 36.6 Å². The molecule has 0 radical (unpaired) electrons. The molecule has 1 aliphatic rings. The van der Waals surface area contributed by atoms with Crippen molar-refractivity contribution in [3.05, 3.63) is 42.5 Å². The van der Waals surface area contributed by atoms with Gasteiger partial charge >= 0.3 is 0 Å². The molecule has 29 heavy (non-hydrogen) atoms. The van der Waals surface area contributed by atoms with E-state index in [1.54, 1.807) is 17.0 Å². The third-order valence-electron chi connectivity index (χ3n) is 4.51. The van der Waals surface area contributed by atoms with Gasteiger partial charge in [-0.05, 0) is 55.8 Å². The summed E-state index contributed by atoms with van der Waals surface area (Å²) in [6, 6.07) is 12.8. The first-order valence-corrected chi connectivity index (χ1v) is 10.3. The van der Waals surface area contributed by atoms with Gasteiger partial charge in [-0.15, -0.1) is 0 Å². The Kier molecular flexibility index (Phi) is 5.62. The van der Waals surface area contributed by atoms with Crippen LogP contribution in [0.25, 0.3) is 10.2 Å². The Bertz CT molecular complexity index is 1030. The highest BCUT2D eigenvalue weighted by Gasteiger charge is 2.21. The zero-order valence-corrected chi connectivity index (χ0v) is 16.8. The number of nitrogens with one attached hydrogen (secondary N) is 1. The number of rotatable bonds is 7. The summed E-state index contributed by atoms with van der Waals surface area (Å²) < 4.78 is 12.0. The molecule has 4 rings (SSSR count). The highest BCUT2D eigenvalue weighted by Crippen LogP contribution is 2.29. The number of aromatic nitrogens is 1. The molecule has 150 valence electrons. The van der Waals surface area contributed by atoms with Crippen LogP contribution in [0.15, 0.2) is 42.5 Å². The molecule has 0 aliphatic carbocycles. The normalized spacial score (nSPS) is 13.7. The monoisotopic (exact) mass is 411 g/mol. The van der Waals surface area contributed by atoms with Crippen LogP contribution in [0.2, 0.25) is 0 Å². The van der Waals surface area contributed by atoms with E-state index >= 15 is 0 Å². The smallest absolute Gasteiger partial charge is 0.264 e. The minimum atomic E-state index is -0.284. The van der Waals surface area contributed by atoms with E-state index in [2.05, 4.69) is 10.3 Å². The molecular formula is C21H21N3O4S. The Morgan fingerprint density at radius 3 is 2.69 bits per heavy atom. The molecule has 1 aliphatic heterocycles. The maximum Gasteiger partial charge on any atom is 0.264 e. The molecule has 2 heterocycles. The summed E-state index contributed by atoms with van der Waals surface area (Å²) in [5.41, 5.74) is 1.66. The van der Waals surface area contributed by atoms with Crippen molar-refractivity contribution in [3.8, 4) is 11.5 Å². The van der Waals surface area contributed by atoms with Gasteiger partial charge in [-0.3, -0.25) is 14.9 Å². The Balaban J connectivity index is 1.33. The van der Waals surface area contributed by atoms with Crippen LogP contribution in [0.4, 0.5) is 10.8 Å². The second-order valence-electron chi connectivity index (χ2n) is 6.56. The molecule has 0 bridgehead atoms. The average Bonchev–Trinajstić information content (AvgIpc) is 3.32. The zero-order valence-electron chi connectivity index (χ0n) is 16.0. The molecule has 2 amide bonds. The molecule has 0 unspecified atom stereocenters. The fourth-order valence-corrected chi connectivity index (χ4v) is 4.07. The summed E-state index contributed by atoms with van der Waals surface area (Å²) in [4.78, 5) is 30.2. The van der Waals surface area contributed by atoms with E-state index < -0.39 is 0 Å². The molecule has 0 atom stereocenters. The summed E-state index contributed by atoms with van der Waals surface area (Å²) >= 11 is 1.39. The predicted molar refractivity (Wildman–Crippen MR) is 113 cm³/mol. The molecule has 3 aromatic rings. The van der Waals surface area contributed by atoms with Crippen molar-refractivity contribution >= 4 is 44.2 Å². The highest BCUT2D eigenvalue weighted by atomic mass is 32.1. The SMILES string of the molecule is CCOc1ccc2nc(NC(=O)COc3ccc(N4CCCC4=O)cc3)sc2c1. The second kappa shape index (κ2) is 8.48. The van der Waals surface area contributed by atoms with E-state index in [4.69, 9.17) is 9.47 Å².